The van der Waals surface area contributed by atoms with Gasteiger partial charge >= 0.3 is 6.18 Å². The Labute approximate surface area is 124 Å². The smallest absolute Gasteiger partial charge is 0.298 e. The number of nitrogens with one attached hydrogen (secondary N) is 1. The molecule has 0 aliphatic rings. The van der Waals surface area contributed by atoms with Crippen molar-refractivity contribution in [2.45, 2.75) is 18.8 Å². The molecule has 3 aromatic rings. The van der Waals surface area contributed by atoms with Crippen LogP contribution in [0, 0.1) is 0 Å². The Hall–Kier alpha value is -2.35. The Morgan fingerprint density at radius 3 is 2.73 bits per heavy atom. The molecule has 3 heterocycles. The molecule has 3 rings (SSSR count). The molecular formula is C14H14F3N5. The Bertz CT molecular complexity index is 774. The average molecular weight is 309 g/mol. The number of rotatable bonds is 4. The molecule has 0 aromatic carbocycles. The number of alkyl halides is 3. The van der Waals surface area contributed by atoms with Gasteiger partial charge in [-0.1, -0.05) is 6.07 Å². The highest BCUT2D eigenvalue weighted by atomic mass is 19.4. The lowest BCUT2D eigenvalue weighted by atomic mass is 10.1. The van der Waals surface area contributed by atoms with Gasteiger partial charge < -0.3 is 0 Å². The van der Waals surface area contributed by atoms with Gasteiger partial charge in [-0.2, -0.15) is 23.4 Å². The van der Waals surface area contributed by atoms with Crippen LogP contribution in [0.5, 0.6) is 0 Å². The van der Waals surface area contributed by atoms with Gasteiger partial charge in [0.2, 0.25) is 0 Å². The number of nitrogens with zero attached hydrogens (tertiary/aromatic N) is 4. The molecule has 22 heavy (non-hydrogen) atoms. The summed E-state index contributed by atoms with van der Waals surface area (Å²) in [6.45, 7) is 0.0621. The molecule has 1 unspecified atom stereocenters. The SMILES string of the molecule is Cn1cc(C(NCc2cnn3ccccc23)C(F)(F)F)cn1. The molecule has 0 spiro atoms. The van der Waals surface area contributed by atoms with Crippen LogP contribution in [0.2, 0.25) is 0 Å². The molecule has 1 N–H and O–H groups in total. The van der Waals surface area contributed by atoms with Gasteiger partial charge in [-0.25, -0.2) is 4.52 Å². The van der Waals surface area contributed by atoms with E-state index in [4.69, 9.17) is 0 Å². The molecule has 0 amide bonds. The van der Waals surface area contributed by atoms with E-state index < -0.39 is 12.2 Å². The topological polar surface area (TPSA) is 47.2 Å². The number of fused-ring (bicyclic) bond motifs is 1. The van der Waals surface area contributed by atoms with Gasteiger partial charge in [-0.05, 0) is 12.1 Å². The Kier molecular flexibility index (Phi) is 3.61. The van der Waals surface area contributed by atoms with Crippen LogP contribution in [0.3, 0.4) is 0 Å². The average Bonchev–Trinajstić information content (AvgIpc) is 3.05. The summed E-state index contributed by atoms with van der Waals surface area (Å²) in [7, 11) is 1.59. The van der Waals surface area contributed by atoms with Crippen molar-refractivity contribution in [1.82, 2.24) is 24.7 Å². The van der Waals surface area contributed by atoms with Gasteiger partial charge in [0.05, 0.1) is 17.9 Å². The first-order chi connectivity index (χ1) is 10.4. The van der Waals surface area contributed by atoms with Crippen LogP contribution in [-0.2, 0) is 13.6 Å². The van der Waals surface area contributed by atoms with Crippen LogP contribution < -0.4 is 5.32 Å². The van der Waals surface area contributed by atoms with Crippen LogP contribution in [-0.4, -0.2) is 25.6 Å². The van der Waals surface area contributed by atoms with Crippen molar-refractivity contribution < 1.29 is 13.2 Å². The monoisotopic (exact) mass is 309 g/mol. The second-order valence-electron chi connectivity index (χ2n) is 5.00. The number of hydrogen-bond acceptors (Lipinski definition) is 3. The molecule has 8 heteroatoms. The second kappa shape index (κ2) is 5.45. The zero-order chi connectivity index (χ0) is 15.7. The Balaban J connectivity index is 1.82. The second-order valence-corrected chi connectivity index (χ2v) is 5.00. The van der Waals surface area contributed by atoms with E-state index in [2.05, 4.69) is 15.5 Å². The Morgan fingerprint density at radius 2 is 2.05 bits per heavy atom. The van der Waals surface area contributed by atoms with Gasteiger partial charge in [-0.3, -0.25) is 10.00 Å². The number of pyridine rings is 1. The standard InChI is InChI=1S/C14H14F3N5/c1-21-9-11(8-19-21)13(14(15,16)17)18-6-10-7-20-22-5-3-2-4-12(10)22/h2-5,7-9,13,18H,6H2,1H3. The summed E-state index contributed by atoms with van der Waals surface area (Å²) in [6.07, 6.45) is 1.51. The molecule has 0 bridgehead atoms. The van der Waals surface area contributed by atoms with Gasteiger partial charge in [0.15, 0.2) is 0 Å². The maximum absolute atomic E-state index is 13.2. The van der Waals surface area contributed by atoms with Crippen molar-refractivity contribution in [1.29, 1.82) is 0 Å². The maximum Gasteiger partial charge on any atom is 0.408 e. The van der Waals surface area contributed by atoms with E-state index in [1.165, 1.54) is 17.1 Å². The first kappa shape index (κ1) is 14.6. The lowest BCUT2D eigenvalue weighted by molar-refractivity contribution is -0.158. The highest BCUT2D eigenvalue weighted by Gasteiger charge is 2.41. The van der Waals surface area contributed by atoms with Crippen molar-refractivity contribution in [2.75, 3.05) is 0 Å². The fourth-order valence-corrected chi connectivity index (χ4v) is 2.35. The van der Waals surface area contributed by atoms with Crippen molar-refractivity contribution >= 4 is 5.52 Å². The van der Waals surface area contributed by atoms with E-state index in [-0.39, 0.29) is 12.1 Å². The Morgan fingerprint density at radius 1 is 1.23 bits per heavy atom. The van der Waals surface area contributed by atoms with E-state index >= 15 is 0 Å². The summed E-state index contributed by atoms with van der Waals surface area (Å²) in [6, 6.07) is 3.69. The summed E-state index contributed by atoms with van der Waals surface area (Å²) in [4.78, 5) is 0. The zero-order valence-corrected chi connectivity index (χ0v) is 11.7. The fraction of sp³-hybridized carbons (Fsp3) is 0.286. The molecule has 0 radical (unpaired) electrons. The van der Waals surface area contributed by atoms with Gasteiger partial charge in [-0.15, -0.1) is 0 Å². The normalized spacial score (nSPS) is 13.6. The van der Waals surface area contributed by atoms with E-state index in [0.717, 1.165) is 5.52 Å². The van der Waals surface area contributed by atoms with Crippen LogP contribution in [0.1, 0.15) is 17.2 Å². The van der Waals surface area contributed by atoms with E-state index in [1.807, 2.05) is 18.2 Å². The van der Waals surface area contributed by atoms with Gasteiger partial charge in [0.25, 0.3) is 0 Å². The predicted molar refractivity (Wildman–Crippen MR) is 74.0 cm³/mol. The third kappa shape index (κ3) is 2.82. The summed E-state index contributed by atoms with van der Waals surface area (Å²) in [5, 5.41) is 10.5. The molecular weight excluding hydrogens is 295 g/mol. The van der Waals surface area contributed by atoms with Crippen LogP contribution in [0.4, 0.5) is 13.2 Å². The largest absolute Gasteiger partial charge is 0.408 e. The van der Waals surface area contributed by atoms with Crippen molar-refractivity contribution in [2.24, 2.45) is 7.05 Å². The minimum atomic E-state index is -4.40. The molecule has 1 atom stereocenters. The van der Waals surface area contributed by atoms with E-state index in [9.17, 15) is 13.2 Å². The minimum Gasteiger partial charge on any atom is -0.298 e. The first-order valence-electron chi connectivity index (χ1n) is 6.65. The van der Waals surface area contributed by atoms with Crippen molar-refractivity contribution in [3.8, 4) is 0 Å². The molecule has 0 aliphatic carbocycles. The molecule has 116 valence electrons. The summed E-state index contributed by atoms with van der Waals surface area (Å²) < 4.78 is 42.7. The lowest BCUT2D eigenvalue weighted by Gasteiger charge is -2.20. The lowest BCUT2D eigenvalue weighted by Crippen LogP contribution is -2.33. The third-order valence-electron chi connectivity index (χ3n) is 3.39. The van der Waals surface area contributed by atoms with Crippen molar-refractivity contribution in [3.05, 3.63) is 54.1 Å². The molecule has 0 fully saturated rings. The van der Waals surface area contributed by atoms with Crippen LogP contribution in [0.25, 0.3) is 5.52 Å². The fourth-order valence-electron chi connectivity index (χ4n) is 2.35. The molecule has 5 nitrogen and oxygen atoms in total. The number of halogens is 3. The van der Waals surface area contributed by atoms with E-state index in [0.29, 0.717) is 5.56 Å². The van der Waals surface area contributed by atoms with Gasteiger partial charge in [0, 0.05) is 37.1 Å². The number of hydrogen-bond donors (Lipinski definition) is 1. The quantitative estimate of drug-likeness (QED) is 0.805. The number of aryl methyl sites for hydroxylation is 1. The molecule has 0 saturated carbocycles. The van der Waals surface area contributed by atoms with Crippen LogP contribution >= 0.6 is 0 Å². The minimum absolute atomic E-state index is 0.0621. The molecule has 3 aromatic heterocycles. The summed E-state index contributed by atoms with van der Waals surface area (Å²) in [5.41, 5.74) is 1.58. The van der Waals surface area contributed by atoms with E-state index in [1.54, 1.807) is 24.0 Å². The van der Waals surface area contributed by atoms with Crippen molar-refractivity contribution in [3.63, 3.8) is 0 Å². The third-order valence-corrected chi connectivity index (χ3v) is 3.39. The number of aromatic nitrogens is 4. The first-order valence-corrected chi connectivity index (χ1v) is 6.65. The molecule has 0 saturated heterocycles. The van der Waals surface area contributed by atoms with Crippen LogP contribution in [0.15, 0.2) is 43.0 Å². The summed E-state index contributed by atoms with van der Waals surface area (Å²) in [5.74, 6) is 0. The highest BCUT2D eigenvalue weighted by molar-refractivity contribution is 5.53. The molecule has 0 aliphatic heterocycles. The highest BCUT2D eigenvalue weighted by Crippen LogP contribution is 2.32. The predicted octanol–water partition coefficient (Wildman–Crippen LogP) is 2.46. The van der Waals surface area contributed by atoms with Gasteiger partial charge in [0.1, 0.15) is 6.04 Å². The maximum atomic E-state index is 13.2. The zero-order valence-electron chi connectivity index (χ0n) is 11.7. The summed E-state index contributed by atoms with van der Waals surface area (Å²) >= 11 is 0.